The van der Waals surface area contributed by atoms with E-state index in [0.29, 0.717) is 11.4 Å². The molecule has 0 aromatic heterocycles. The molecule has 0 radical (unpaired) electrons. The van der Waals surface area contributed by atoms with E-state index in [9.17, 15) is 14.9 Å². The second kappa shape index (κ2) is 6.20. The number of rotatable bonds is 5. The van der Waals surface area contributed by atoms with Crippen LogP contribution in [0.25, 0.3) is 0 Å². The smallest absolute Gasteiger partial charge is 0.328 e. The minimum atomic E-state index is -0.646. The van der Waals surface area contributed by atoms with Crippen molar-refractivity contribution in [3.05, 3.63) is 33.3 Å². The van der Waals surface area contributed by atoms with Crippen LogP contribution in [0.5, 0.6) is 0 Å². The summed E-state index contributed by atoms with van der Waals surface area (Å²) < 4.78 is 4.60. The standard InChI is InChI=1S/C11H13ClN2O4/c1-3-8(11(15)18-2)13-9-6-7(12)4-5-10(9)14(16)17/h4-6,8,13H,3H2,1-2H3. The van der Waals surface area contributed by atoms with E-state index >= 15 is 0 Å². The Bertz CT molecular complexity index is 464. The average molecular weight is 273 g/mol. The largest absolute Gasteiger partial charge is 0.467 e. The van der Waals surface area contributed by atoms with E-state index in [2.05, 4.69) is 10.1 Å². The molecule has 98 valence electrons. The molecule has 1 atom stereocenters. The number of halogens is 1. The van der Waals surface area contributed by atoms with Gasteiger partial charge >= 0.3 is 5.97 Å². The zero-order chi connectivity index (χ0) is 13.7. The lowest BCUT2D eigenvalue weighted by molar-refractivity contribution is -0.384. The number of nitrogens with one attached hydrogen (secondary N) is 1. The van der Waals surface area contributed by atoms with Crippen molar-refractivity contribution in [3.63, 3.8) is 0 Å². The summed E-state index contributed by atoms with van der Waals surface area (Å²) in [5, 5.41) is 14.0. The van der Waals surface area contributed by atoms with E-state index in [1.807, 2.05) is 0 Å². The number of hydrogen-bond acceptors (Lipinski definition) is 5. The molecule has 6 nitrogen and oxygen atoms in total. The molecule has 0 aliphatic carbocycles. The van der Waals surface area contributed by atoms with Crippen LogP contribution in [0.1, 0.15) is 13.3 Å². The lowest BCUT2D eigenvalue weighted by atomic mass is 10.2. The molecule has 0 bridgehead atoms. The van der Waals surface area contributed by atoms with Crippen LogP contribution in [0, 0.1) is 10.1 Å². The van der Waals surface area contributed by atoms with Gasteiger partial charge in [-0.15, -0.1) is 0 Å². The third-order valence-corrected chi connectivity index (χ3v) is 2.61. The zero-order valence-electron chi connectivity index (χ0n) is 9.97. The Labute approximate surface area is 109 Å². The van der Waals surface area contributed by atoms with Gasteiger partial charge in [0.05, 0.1) is 12.0 Å². The first-order chi connectivity index (χ1) is 8.49. The first kappa shape index (κ1) is 14.2. The average Bonchev–Trinajstić information content (AvgIpc) is 2.34. The highest BCUT2D eigenvalue weighted by Gasteiger charge is 2.21. The molecular formula is C11H13ClN2O4. The summed E-state index contributed by atoms with van der Waals surface area (Å²) in [6.45, 7) is 1.77. The molecule has 1 rings (SSSR count). The Morgan fingerprint density at radius 3 is 2.78 bits per heavy atom. The van der Waals surface area contributed by atoms with Gasteiger partial charge in [-0.05, 0) is 18.6 Å². The summed E-state index contributed by atoms with van der Waals surface area (Å²) >= 11 is 5.78. The van der Waals surface area contributed by atoms with Crippen molar-refractivity contribution >= 4 is 28.9 Å². The van der Waals surface area contributed by atoms with Crippen molar-refractivity contribution in [1.29, 1.82) is 0 Å². The monoisotopic (exact) mass is 272 g/mol. The van der Waals surface area contributed by atoms with E-state index in [-0.39, 0.29) is 11.4 Å². The molecule has 1 N–H and O–H groups in total. The molecule has 0 saturated heterocycles. The fraction of sp³-hybridized carbons (Fsp3) is 0.364. The number of nitro benzene ring substituents is 1. The number of carbonyl (C=O) groups excluding carboxylic acids is 1. The third-order valence-electron chi connectivity index (χ3n) is 2.38. The molecule has 1 aromatic carbocycles. The minimum Gasteiger partial charge on any atom is -0.467 e. The molecule has 1 aromatic rings. The Morgan fingerprint density at radius 1 is 1.61 bits per heavy atom. The predicted octanol–water partition coefficient (Wildman–Crippen LogP) is 2.61. The lowest BCUT2D eigenvalue weighted by Crippen LogP contribution is -2.30. The van der Waals surface area contributed by atoms with Gasteiger partial charge in [0, 0.05) is 11.1 Å². The maximum atomic E-state index is 11.4. The van der Waals surface area contributed by atoms with Crippen LogP contribution in [0.15, 0.2) is 18.2 Å². The van der Waals surface area contributed by atoms with Gasteiger partial charge in [-0.3, -0.25) is 10.1 Å². The molecule has 0 heterocycles. The Balaban J connectivity index is 3.04. The van der Waals surface area contributed by atoms with Crippen molar-refractivity contribution in [3.8, 4) is 0 Å². The van der Waals surface area contributed by atoms with Crippen LogP contribution in [-0.2, 0) is 9.53 Å². The van der Waals surface area contributed by atoms with Crippen LogP contribution in [0.3, 0.4) is 0 Å². The third kappa shape index (κ3) is 3.33. The SMILES string of the molecule is CCC(Nc1cc(Cl)ccc1[N+](=O)[O-])C(=O)OC. The Kier molecular flexibility index (Phi) is 4.91. The molecule has 0 aliphatic rings. The molecule has 0 saturated carbocycles. The Hall–Kier alpha value is -1.82. The summed E-state index contributed by atoms with van der Waals surface area (Å²) in [7, 11) is 1.26. The lowest BCUT2D eigenvalue weighted by Gasteiger charge is -2.15. The topological polar surface area (TPSA) is 81.5 Å². The molecule has 0 spiro atoms. The van der Waals surface area contributed by atoms with Gasteiger partial charge in [-0.2, -0.15) is 0 Å². The van der Waals surface area contributed by atoms with Gasteiger partial charge in [0.15, 0.2) is 0 Å². The molecule has 18 heavy (non-hydrogen) atoms. The number of carbonyl (C=O) groups is 1. The fourth-order valence-corrected chi connectivity index (χ4v) is 1.61. The summed E-state index contributed by atoms with van der Waals surface area (Å²) in [5.41, 5.74) is 0.0616. The van der Waals surface area contributed by atoms with Gasteiger partial charge in [-0.1, -0.05) is 18.5 Å². The van der Waals surface area contributed by atoms with Crippen LogP contribution >= 0.6 is 11.6 Å². The molecule has 7 heteroatoms. The Morgan fingerprint density at radius 2 is 2.28 bits per heavy atom. The maximum absolute atomic E-state index is 11.4. The maximum Gasteiger partial charge on any atom is 0.328 e. The molecule has 1 unspecified atom stereocenters. The van der Waals surface area contributed by atoms with Crippen molar-refractivity contribution in [2.75, 3.05) is 12.4 Å². The number of nitrogens with zero attached hydrogens (tertiary/aromatic N) is 1. The number of nitro groups is 1. The van der Waals surface area contributed by atoms with Crippen LogP contribution in [0.2, 0.25) is 5.02 Å². The van der Waals surface area contributed by atoms with Gasteiger partial charge < -0.3 is 10.1 Å². The van der Waals surface area contributed by atoms with Crippen molar-refractivity contribution in [2.24, 2.45) is 0 Å². The molecule has 0 amide bonds. The summed E-state index contributed by atoms with van der Waals surface area (Å²) in [6, 6.07) is 3.47. The highest BCUT2D eigenvalue weighted by atomic mass is 35.5. The summed E-state index contributed by atoms with van der Waals surface area (Å²) in [4.78, 5) is 21.7. The van der Waals surface area contributed by atoms with E-state index in [1.165, 1.54) is 25.3 Å². The molecule has 0 aliphatic heterocycles. The van der Waals surface area contributed by atoms with Gasteiger partial charge in [0.2, 0.25) is 0 Å². The molecular weight excluding hydrogens is 260 g/mol. The van der Waals surface area contributed by atoms with E-state index in [1.54, 1.807) is 6.92 Å². The number of esters is 1. The number of ether oxygens (including phenoxy) is 1. The number of hydrogen-bond donors (Lipinski definition) is 1. The van der Waals surface area contributed by atoms with Crippen molar-refractivity contribution in [2.45, 2.75) is 19.4 Å². The van der Waals surface area contributed by atoms with Gasteiger partial charge in [0.25, 0.3) is 5.69 Å². The number of anilines is 1. The van der Waals surface area contributed by atoms with Gasteiger partial charge in [-0.25, -0.2) is 4.79 Å². The summed E-state index contributed by atoms with van der Waals surface area (Å²) in [5.74, 6) is -0.480. The zero-order valence-corrected chi connectivity index (χ0v) is 10.7. The highest BCUT2D eigenvalue weighted by molar-refractivity contribution is 6.31. The van der Waals surface area contributed by atoms with Gasteiger partial charge in [0.1, 0.15) is 11.7 Å². The fourth-order valence-electron chi connectivity index (χ4n) is 1.44. The first-order valence-corrected chi connectivity index (χ1v) is 5.65. The molecule has 0 fully saturated rings. The normalized spacial score (nSPS) is 11.7. The second-order valence-corrected chi connectivity index (χ2v) is 3.98. The quantitative estimate of drug-likeness (QED) is 0.506. The second-order valence-electron chi connectivity index (χ2n) is 3.55. The predicted molar refractivity (Wildman–Crippen MR) is 67.8 cm³/mol. The highest BCUT2D eigenvalue weighted by Crippen LogP contribution is 2.28. The van der Waals surface area contributed by atoms with E-state index < -0.39 is 16.9 Å². The van der Waals surface area contributed by atoms with Crippen LogP contribution in [-0.4, -0.2) is 24.0 Å². The van der Waals surface area contributed by atoms with Crippen molar-refractivity contribution < 1.29 is 14.5 Å². The van der Waals surface area contributed by atoms with Crippen LogP contribution < -0.4 is 5.32 Å². The number of benzene rings is 1. The minimum absolute atomic E-state index is 0.137. The number of methoxy groups -OCH3 is 1. The first-order valence-electron chi connectivity index (χ1n) is 5.27. The van der Waals surface area contributed by atoms with E-state index in [0.717, 1.165) is 0 Å². The van der Waals surface area contributed by atoms with Crippen LogP contribution in [0.4, 0.5) is 11.4 Å². The van der Waals surface area contributed by atoms with E-state index in [4.69, 9.17) is 11.6 Å². The summed E-state index contributed by atoms with van der Waals surface area (Å²) in [6.07, 6.45) is 0.441. The van der Waals surface area contributed by atoms with Crippen molar-refractivity contribution in [1.82, 2.24) is 0 Å².